The molecule has 1 saturated heterocycles. The molecule has 162 valence electrons. The van der Waals surface area contributed by atoms with E-state index in [0.29, 0.717) is 24.4 Å². The molecule has 4 rings (SSSR count). The van der Waals surface area contributed by atoms with Crippen molar-refractivity contribution in [2.24, 2.45) is 5.73 Å². The molecule has 2 aliphatic rings. The summed E-state index contributed by atoms with van der Waals surface area (Å²) in [5.41, 5.74) is 8.54. The number of rotatable bonds is 7. The molecule has 0 aliphatic carbocycles. The second kappa shape index (κ2) is 9.49. The number of aromatic nitrogens is 3. The number of fused-ring (bicyclic) bond motifs is 1. The molecular weight excluding hydrogens is 412 g/mol. The summed E-state index contributed by atoms with van der Waals surface area (Å²) >= 11 is 1.56. The predicted octanol–water partition coefficient (Wildman–Crippen LogP) is 1.78. The fourth-order valence-corrected chi connectivity index (χ4v) is 4.79. The molecule has 0 spiro atoms. The van der Waals surface area contributed by atoms with Gasteiger partial charge in [-0.05, 0) is 30.2 Å². The molecule has 1 fully saturated rings. The molecular formula is C22H26N6O2S. The highest BCUT2D eigenvalue weighted by Crippen LogP contribution is 2.35. The van der Waals surface area contributed by atoms with Gasteiger partial charge in [0.25, 0.3) is 5.91 Å². The monoisotopic (exact) mass is 438 g/mol. The molecule has 0 radical (unpaired) electrons. The van der Waals surface area contributed by atoms with Gasteiger partial charge < -0.3 is 16.0 Å². The van der Waals surface area contributed by atoms with E-state index in [2.05, 4.69) is 22.3 Å². The summed E-state index contributed by atoms with van der Waals surface area (Å²) in [5, 5.41) is 7.10. The molecule has 3 N–H and O–H groups in total. The van der Waals surface area contributed by atoms with Crippen LogP contribution >= 0.6 is 11.8 Å². The van der Waals surface area contributed by atoms with Crippen LogP contribution in [0.25, 0.3) is 5.69 Å². The van der Waals surface area contributed by atoms with Crippen LogP contribution in [0.3, 0.4) is 0 Å². The van der Waals surface area contributed by atoms with E-state index >= 15 is 0 Å². The number of Topliss-reactive ketones (excluding diaryl/α,β-unsaturated/α-hetero) is 1. The first kappa shape index (κ1) is 21.3. The van der Waals surface area contributed by atoms with Crippen molar-refractivity contribution in [3.8, 4) is 5.69 Å². The van der Waals surface area contributed by atoms with Gasteiger partial charge in [-0.3, -0.25) is 9.59 Å². The number of nitrogens with one attached hydrogen (secondary N) is 1. The Balaban J connectivity index is 1.57. The lowest BCUT2D eigenvalue weighted by atomic mass is 9.98. The van der Waals surface area contributed by atoms with E-state index in [-0.39, 0.29) is 11.7 Å². The summed E-state index contributed by atoms with van der Waals surface area (Å²) in [7, 11) is 0. The highest BCUT2D eigenvalue weighted by Gasteiger charge is 2.39. The largest absolute Gasteiger partial charge is 0.358 e. The fourth-order valence-electron chi connectivity index (χ4n) is 3.63. The molecule has 0 saturated carbocycles. The van der Waals surface area contributed by atoms with Crippen LogP contribution in [0.5, 0.6) is 0 Å². The molecule has 1 aromatic heterocycles. The van der Waals surface area contributed by atoms with Crippen LogP contribution in [-0.4, -0.2) is 55.7 Å². The van der Waals surface area contributed by atoms with Crippen molar-refractivity contribution in [2.45, 2.75) is 38.4 Å². The van der Waals surface area contributed by atoms with E-state index in [1.54, 1.807) is 29.0 Å². The van der Waals surface area contributed by atoms with Crippen LogP contribution in [-0.2, 0) is 16.1 Å². The quantitative estimate of drug-likeness (QED) is 0.635. The molecule has 1 amide bonds. The Hall–Kier alpha value is -2.91. The minimum absolute atomic E-state index is 0.00840. The Labute approximate surface area is 185 Å². The van der Waals surface area contributed by atoms with Gasteiger partial charge in [0.2, 0.25) is 0 Å². The van der Waals surface area contributed by atoms with Gasteiger partial charge in [-0.2, -0.15) is 5.10 Å². The zero-order chi connectivity index (χ0) is 21.8. The average molecular weight is 439 g/mol. The highest BCUT2D eigenvalue weighted by molar-refractivity contribution is 8.03. The highest BCUT2D eigenvalue weighted by atomic mass is 32.2. The van der Waals surface area contributed by atoms with E-state index in [4.69, 9.17) is 5.73 Å². The van der Waals surface area contributed by atoms with Crippen molar-refractivity contribution in [1.29, 1.82) is 0 Å². The molecule has 2 aromatic rings. The maximum atomic E-state index is 12.9. The third-order valence-electron chi connectivity index (χ3n) is 5.33. The van der Waals surface area contributed by atoms with Gasteiger partial charge in [-0.1, -0.05) is 25.5 Å². The number of nitrogens with zero attached hydrogens (tertiary/aromatic N) is 4. The first-order valence-electron chi connectivity index (χ1n) is 10.4. The summed E-state index contributed by atoms with van der Waals surface area (Å²) in [4.78, 5) is 32.4. The lowest BCUT2D eigenvalue weighted by molar-refractivity contribution is -0.123. The summed E-state index contributed by atoms with van der Waals surface area (Å²) in [6.07, 6.45) is 8.71. The maximum Gasteiger partial charge on any atom is 0.252 e. The normalized spacial score (nSPS) is 20.7. The summed E-state index contributed by atoms with van der Waals surface area (Å²) in [6.45, 7) is 3.21. The lowest BCUT2D eigenvalue weighted by Gasteiger charge is -2.39. The minimum atomic E-state index is -0.502. The summed E-state index contributed by atoms with van der Waals surface area (Å²) < 4.78 is 1.69. The summed E-state index contributed by atoms with van der Waals surface area (Å²) in [6, 6.07) is 6.94. The standard InChI is InChI=1S/C22H26N6O2S/c1-2-3-8-25-22(30)16-9-19-20(21(29)18(23)12-31-19)27(11-16)10-15-4-6-17(7-5-15)28-14-24-13-26-28/h4-7,9,11,13-14,18,20H,2-3,8,10,12,23H2,1H3,(H,25,30)/t18-,20?/m0/s1. The molecule has 8 nitrogen and oxygen atoms in total. The van der Waals surface area contributed by atoms with Crippen LogP contribution < -0.4 is 11.1 Å². The van der Waals surface area contributed by atoms with Gasteiger partial charge in [-0.25, -0.2) is 9.67 Å². The van der Waals surface area contributed by atoms with Crippen LogP contribution in [0, 0.1) is 0 Å². The van der Waals surface area contributed by atoms with Crippen LogP contribution in [0.2, 0.25) is 0 Å². The molecule has 9 heteroatoms. The smallest absolute Gasteiger partial charge is 0.252 e. The lowest BCUT2D eigenvalue weighted by Crippen LogP contribution is -2.52. The molecule has 3 heterocycles. The third kappa shape index (κ3) is 4.72. The van der Waals surface area contributed by atoms with Crippen molar-refractivity contribution in [3.63, 3.8) is 0 Å². The fraction of sp³-hybridized carbons (Fsp3) is 0.364. The molecule has 31 heavy (non-hydrogen) atoms. The molecule has 0 bridgehead atoms. The van der Waals surface area contributed by atoms with E-state index in [1.165, 1.54) is 6.33 Å². The number of hydrogen-bond acceptors (Lipinski definition) is 7. The maximum absolute atomic E-state index is 12.9. The number of hydrogen-bond donors (Lipinski definition) is 2. The number of benzene rings is 1. The number of thioether (sulfide) groups is 1. The zero-order valence-corrected chi connectivity index (χ0v) is 18.2. The second-order valence-electron chi connectivity index (χ2n) is 7.64. The summed E-state index contributed by atoms with van der Waals surface area (Å²) in [5.74, 6) is 0.409. The third-order valence-corrected chi connectivity index (χ3v) is 6.53. The average Bonchev–Trinajstić information content (AvgIpc) is 3.31. The topological polar surface area (TPSA) is 106 Å². The number of unbranched alkanes of at least 4 members (excludes halogenated alkanes) is 1. The van der Waals surface area contributed by atoms with Crippen LogP contribution in [0.15, 0.2) is 59.7 Å². The molecule has 1 aromatic carbocycles. The molecule has 1 unspecified atom stereocenters. The first-order chi connectivity index (χ1) is 15.1. The minimum Gasteiger partial charge on any atom is -0.358 e. The zero-order valence-electron chi connectivity index (χ0n) is 17.4. The number of amides is 1. The SMILES string of the molecule is CCCCNC(=O)C1=CN(Cc2ccc(-n3cncn3)cc2)C2C(=O)[C@@H](N)CSC2=C1. The second-order valence-corrected chi connectivity index (χ2v) is 8.74. The van der Waals surface area contributed by atoms with Crippen molar-refractivity contribution in [1.82, 2.24) is 25.0 Å². The number of nitrogens with two attached hydrogens (primary N) is 1. The van der Waals surface area contributed by atoms with E-state index in [1.807, 2.05) is 35.2 Å². The van der Waals surface area contributed by atoms with E-state index < -0.39 is 12.1 Å². The van der Waals surface area contributed by atoms with Gasteiger partial charge >= 0.3 is 0 Å². The van der Waals surface area contributed by atoms with Gasteiger partial charge in [0.15, 0.2) is 5.78 Å². The van der Waals surface area contributed by atoms with Crippen molar-refractivity contribution < 1.29 is 9.59 Å². The number of carbonyl (C=O) groups is 2. The molecule has 2 atom stereocenters. The first-order valence-corrected chi connectivity index (χ1v) is 11.4. The Kier molecular flexibility index (Phi) is 6.53. The van der Waals surface area contributed by atoms with Crippen molar-refractivity contribution in [3.05, 3.63) is 65.2 Å². The van der Waals surface area contributed by atoms with Crippen LogP contribution in [0.4, 0.5) is 0 Å². The van der Waals surface area contributed by atoms with Crippen molar-refractivity contribution >= 4 is 23.5 Å². The Morgan fingerprint density at radius 1 is 1.32 bits per heavy atom. The van der Waals surface area contributed by atoms with Gasteiger partial charge in [0.05, 0.1) is 17.3 Å². The number of ketones is 1. The van der Waals surface area contributed by atoms with Gasteiger partial charge in [0, 0.05) is 29.9 Å². The van der Waals surface area contributed by atoms with Crippen LogP contribution in [0.1, 0.15) is 25.3 Å². The van der Waals surface area contributed by atoms with Crippen molar-refractivity contribution in [2.75, 3.05) is 12.3 Å². The van der Waals surface area contributed by atoms with E-state index in [0.717, 1.165) is 29.0 Å². The number of carbonyl (C=O) groups excluding carboxylic acids is 2. The predicted molar refractivity (Wildman–Crippen MR) is 120 cm³/mol. The van der Waals surface area contributed by atoms with Gasteiger partial charge in [0.1, 0.15) is 18.7 Å². The Morgan fingerprint density at radius 3 is 2.84 bits per heavy atom. The van der Waals surface area contributed by atoms with Gasteiger partial charge in [-0.15, -0.1) is 11.8 Å². The Morgan fingerprint density at radius 2 is 2.13 bits per heavy atom. The molecule has 2 aliphatic heterocycles. The van der Waals surface area contributed by atoms with E-state index in [9.17, 15) is 9.59 Å². The Bertz CT molecular complexity index is 1000.